The number of fused-ring (bicyclic) bond motifs is 2. The predicted molar refractivity (Wildman–Crippen MR) is 92.5 cm³/mol. The molecule has 0 N–H and O–H groups in total. The van der Waals surface area contributed by atoms with Crippen LogP contribution in [0.1, 0.15) is 82.3 Å². The Labute approximate surface area is 135 Å². The van der Waals surface area contributed by atoms with E-state index in [9.17, 15) is 4.79 Å². The monoisotopic (exact) mass is 301 g/mol. The molecule has 22 heavy (non-hydrogen) atoms. The Bertz CT molecular complexity index is 434. The normalized spacial score (nSPS) is 13.4. The maximum atomic E-state index is 12.3. The first-order valence-corrected chi connectivity index (χ1v) is 9.15. The van der Waals surface area contributed by atoms with E-state index in [2.05, 4.69) is 31.2 Å². The zero-order chi connectivity index (χ0) is 15.6. The summed E-state index contributed by atoms with van der Waals surface area (Å²) in [5.41, 5.74) is 2.54. The lowest BCUT2D eigenvalue weighted by atomic mass is 10.0. The van der Waals surface area contributed by atoms with E-state index >= 15 is 0 Å². The van der Waals surface area contributed by atoms with Gasteiger partial charge in [-0.15, -0.1) is 0 Å². The molecule has 0 radical (unpaired) electrons. The fourth-order valence-electron chi connectivity index (χ4n) is 3.24. The Morgan fingerprint density at radius 2 is 1.45 bits per heavy atom. The molecule has 1 heterocycles. The second-order valence-electron chi connectivity index (χ2n) is 6.65. The molecule has 0 aromatic heterocycles. The quantitative estimate of drug-likeness (QED) is 0.526. The minimum Gasteiger partial charge on any atom is -0.334 e. The average Bonchev–Trinajstić information content (AvgIpc) is 2.52. The molecule has 2 nitrogen and oxygen atoms in total. The summed E-state index contributed by atoms with van der Waals surface area (Å²) in [7, 11) is 0. The number of carbonyl (C=O) groups excluding carboxylic acids is 1. The highest BCUT2D eigenvalue weighted by atomic mass is 16.2. The van der Waals surface area contributed by atoms with Gasteiger partial charge in [0.2, 0.25) is 5.91 Å². The number of nitrogens with zero attached hydrogens (tertiary/aromatic N) is 1. The molecule has 2 bridgehead atoms. The predicted octanol–water partition coefficient (Wildman–Crippen LogP) is 5.45. The van der Waals surface area contributed by atoms with E-state index < -0.39 is 0 Å². The van der Waals surface area contributed by atoms with Crippen LogP contribution in [-0.4, -0.2) is 10.8 Å². The standard InChI is InChI=1S/C20H31NO/c1-2-3-4-5-6-7-8-9-10-14-20(22)21-16-18-12-11-13-19(15-18)17-21/h11-13,15H,2-10,14,16-17H2,1H3. The van der Waals surface area contributed by atoms with Crippen molar-refractivity contribution in [1.29, 1.82) is 0 Å². The number of carbonyl (C=O) groups is 1. The van der Waals surface area contributed by atoms with Crippen LogP contribution >= 0.6 is 0 Å². The van der Waals surface area contributed by atoms with Crippen LogP contribution in [0.4, 0.5) is 0 Å². The van der Waals surface area contributed by atoms with Crippen LogP contribution < -0.4 is 0 Å². The van der Waals surface area contributed by atoms with Gasteiger partial charge in [-0.1, -0.05) is 82.6 Å². The SMILES string of the molecule is CCCCCCCCCCCC(=O)N1Cc2cccc(c2)C1. The molecule has 0 saturated carbocycles. The number of hydrogen-bond acceptors (Lipinski definition) is 1. The van der Waals surface area contributed by atoms with E-state index in [4.69, 9.17) is 0 Å². The van der Waals surface area contributed by atoms with Crippen molar-refractivity contribution in [2.75, 3.05) is 0 Å². The van der Waals surface area contributed by atoms with Crippen molar-refractivity contribution in [1.82, 2.24) is 4.90 Å². The van der Waals surface area contributed by atoms with Gasteiger partial charge in [0.15, 0.2) is 0 Å². The van der Waals surface area contributed by atoms with Crippen LogP contribution in [0.25, 0.3) is 0 Å². The second kappa shape index (κ2) is 9.66. The van der Waals surface area contributed by atoms with Gasteiger partial charge in [0.05, 0.1) is 0 Å². The third kappa shape index (κ3) is 5.82. The van der Waals surface area contributed by atoms with Crippen molar-refractivity contribution in [3.63, 3.8) is 0 Å². The Morgan fingerprint density at radius 3 is 2.05 bits per heavy atom. The van der Waals surface area contributed by atoms with E-state index in [1.54, 1.807) is 0 Å². The van der Waals surface area contributed by atoms with Crippen molar-refractivity contribution in [3.05, 3.63) is 35.4 Å². The van der Waals surface area contributed by atoms with E-state index in [0.717, 1.165) is 25.9 Å². The molecular formula is C20H31NO. The average molecular weight is 301 g/mol. The Kier molecular flexibility index (Phi) is 7.48. The van der Waals surface area contributed by atoms with Gasteiger partial charge in [-0.05, 0) is 17.5 Å². The maximum absolute atomic E-state index is 12.3. The summed E-state index contributed by atoms with van der Waals surface area (Å²) in [6.07, 6.45) is 12.5. The summed E-state index contributed by atoms with van der Waals surface area (Å²) in [6, 6.07) is 8.53. The molecule has 0 unspecified atom stereocenters. The lowest BCUT2D eigenvalue weighted by Crippen LogP contribution is -2.32. The molecule has 0 atom stereocenters. The Hall–Kier alpha value is -1.31. The molecule has 0 aliphatic carbocycles. The summed E-state index contributed by atoms with van der Waals surface area (Å²) in [5.74, 6) is 0.328. The zero-order valence-electron chi connectivity index (χ0n) is 14.2. The minimum absolute atomic E-state index is 0.328. The number of unbranched alkanes of at least 4 members (excludes halogenated alkanes) is 8. The van der Waals surface area contributed by atoms with Gasteiger partial charge < -0.3 is 4.90 Å². The highest BCUT2D eigenvalue weighted by molar-refractivity contribution is 5.76. The lowest BCUT2D eigenvalue weighted by Gasteiger charge is -2.27. The highest BCUT2D eigenvalue weighted by Crippen LogP contribution is 2.19. The molecule has 1 aromatic carbocycles. The molecule has 0 spiro atoms. The molecule has 122 valence electrons. The van der Waals surface area contributed by atoms with Gasteiger partial charge >= 0.3 is 0 Å². The van der Waals surface area contributed by atoms with E-state index in [0.29, 0.717) is 5.91 Å². The van der Waals surface area contributed by atoms with Gasteiger partial charge in [0, 0.05) is 19.5 Å². The minimum atomic E-state index is 0.328. The highest BCUT2D eigenvalue weighted by Gasteiger charge is 2.18. The van der Waals surface area contributed by atoms with Gasteiger partial charge in [-0.3, -0.25) is 4.79 Å². The van der Waals surface area contributed by atoms with E-state index in [-0.39, 0.29) is 0 Å². The summed E-state index contributed by atoms with van der Waals surface area (Å²) in [5, 5.41) is 0. The fraction of sp³-hybridized carbons (Fsp3) is 0.650. The lowest BCUT2D eigenvalue weighted by molar-refractivity contribution is -0.132. The van der Waals surface area contributed by atoms with Crippen LogP contribution in [0.15, 0.2) is 24.3 Å². The molecule has 1 amide bonds. The van der Waals surface area contributed by atoms with Gasteiger partial charge in [-0.25, -0.2) is 0 Å². The summed E-state index contributed by atoms with van der Waals surface area (Å²) >= 11 is 0. The van der Waals surface area contributed by atoms with Crippen molar-refractivity contribution in [2.45, 2.75) is 84.2 Å². The molecule has 2 rings (SSSR count). The second-order valence-corrected chi connectivity index (χ2v) is 6.65. The first kappa shape index (κ1) is 17.1. The number of rotatable bonds is 10. The summed E-state index contributed by atoms with van der Waals surface area (Å²) in [4.78, 5) is 14.3. The maximum Gasteiger partial charge on any atom is 0.223 e. The van der Waals surface area contributed by atoms with Crippen molar-refractivity contribution in [3.8, 4) is 0 Å². The van der Waals surface area contributed by atoms with Crippen molar-refractivity contribution in [2.24, 2.45) is 0 Å². The molecule has 1 aliphatic rings. The molecule has 1 aliphatic heterocycles. The van der Waals surface area contributed by atoms with Gasteiger partial charge in [0.25, 0.3) is 0 Å². The molecular weight excluding hydrogens is 270 g/mol. The van der Waals surface area contributed by atoms with Crippen LogP contribution in [0.2, 0.25) is 0 Å². The number of hydrogen-bond donors (Lipinski definition) is 0. The molecule has 1 aromatic rings. The molecule has 0 saturated heterocycles. The van der Waals surface area contributed by atoms with Crippen LogP contribution in [0, 0.1) is 0 Å². The van der Waals surface area contributed by atoms with Crippen LogP contribution in [0.3, 0.4) is 0 Å². The number of amides is 1. The molecule has 2 heteroatoms. The zero-order valence-corrected chi connectivity index (χ0v) is 14.2. The van der Waals surface area contributed by atoms with Crippen molar-refractivity contribution >= 4 is 5.91 Å². The topological polar surface area (TPSA) is 20.3 Å². The molecule has 0 fully saturated rings. The largest absolute Gasteiger partial charge is 0.334 e. The van der Waals surface area contributed by atoms with Crippen LogP contribution in [0.5, 0.6) is 0 Å². The first-order chi connectivity index (χ1) is 10.8. The van der Waals surface area contributed by atoms with Gasteiger partial charge in [0.1, 0.15) is 0 Å². The Morgan fingerprint density at radius 1 is 0.909 bits per heavy atom. The first-order valence-electron chi connectivity index (χ1n) is 9.15. The van der Waals surface area contributed by atoms with E-state index in [1.165, 1.54) is 62.5 Å². The Balaban J connectivity index is 1.52. The fourth-order valence-corrected chi connectivity index (χ4v) is 3.24. The van der Waals surface area contributed by atoms with Crippen molar-refractivity contribution < 1.29 is 4.79 Å². The number of benzene rings is 1. The van der Waals surface area contributed by atoms with E-state index in [1.807, 2.05) is 4.90 Å². The smallest absolute Gasteiger partial charge is 0.223 e. The summed E-state index contributed by atoms with van der Waals surface area (Å²) < 4.78 is 0. The third-order valence-corrected chi connectivity index (χ3v) is 4.59. The van der Waals surface area contributed by atoms with Gasteiger partial charge in [-0.2, -0.15) is 0 Å². The van der Waals surface area contributed by atoms with Crippen LogP contribution in [-0.2, 0) is 17.9 Å². The summed E-state index contributed by atoms with van der Waals surface area (Å²) in [6.45, 7) is 3.85. The third-order valence-electron chi connectivity index (χ3n) is 4.59.